The molecule has 1 heterocycles. The van der Waals surface area contributed by atoms with Crippen molar-refractivity contribution in [2.24, 2.45) is 0 Å². The largest absolute Gasteiger partial charge is 0.497 e. The van der Waals surface area contributed by atoms with E-state index >= 15 is 0 Å². The topological polar surface area (TPSA) is 47.0 Å². The third-order valence-electron chi connectivity index (χ3n) is 3.29. The summed E-state index contributed by atoms with van der Waals surface area (Å²) in [5.74, 6) is 0.815. The average Bonchev–Trinajstić information content (AvgIpc) is 2.48. The van der Waals surface area contributed by atoms with Crippen LogP contribution in [0, 0.1) is 0 Å². The van der Waals surface area contributed by atoms with Gasteiger partial charge in [0.1, 0.15) is 18.8 Å². The van der Waals surface area contributed by atoms with Crippen LogP contribution in [0.1, 0.15) is 0 Å². The first-order chi connectivity index (χ1) is 9.78. The molecule has 1 saturated heterocycles. The van der Waals surface area contributed by atoms with Gasteiger partial charge in [-0.1, -0.05) is 6.07 Å². The minimum atomic E-state index is 0.644. The van der Waals surface area contributed by atoms with Crippen molar-refractivity contribution in [3.05, 3.63) is 24.3 Å². The van der Waals surface area contributed by atoms with Crippen molar-refractivity contribution in [3.8, 4) is 5.75 Å². The van der Waals surface area contributed by atoms with Gasteiger partial charge in [0.25, 0.3) is 0 Å². The first-order valence-electron chi connectivity index (χ1n) is 6.88. The van der Waals surface area contributed by atoms with Crippen LogP contribution in [0.4, 0.5) is 5.69 Å². The number of nitrogens with one attached hydrogen (secondary N) is 3. The fourth-order valence-electron chi connectivity index (χ4n) is 2.14. The third kappa shape index (κ3) is 4.96. The second-order valence-corrected chi connectivity index (χ2v) is 5.13. The third-order valence-corrected chi connectivity index (χ3v) is 3.54. The van der Waals surface area contributed by atoms with Crippen LogP contribution in [0.15, 0.2) is 24.3 Å². The maximum atomic E-state index is 5.34. The van der Waals surface area contributed by atoms with Crippen LogP contribution in [-0.4, -0.2) is 51.6 Å². The Bertz CT molecular complexity index is 436. The summed E-state index contributed by atoms with van der Waals surface area (Å²) in [6.07, 6.45) is 0. The smallest absolute Gasteiger partial charge is 0.170 e. The molecule has 0 radical (unpaired) electrons. The molecule has 0 aromatic heterocycles. The van der Waals surface area contributed by atoms with Crippen LogP contribution < -0.4 is 20.3 Å². The van der Waals surface area contributed by atoms with E-state index in [2.05, 4.69) is 10.6 Å². The van der Waals surface area contributed by atoms with Gasteiger partial charge in [0.2, 0.25) is 0 Å². The molecule has 1 aromatic rings. The Hall–Kier alpha value is -1.37. The lowest BCUT2D eigenvalue weighted by molar-refractivity contribution is -0.906. The molecule has 0 bridgehead atoms. The Balaban J connectivity index is 1.69. The highest BCUT2D eigenvalue weighted by Crippen LogP contribution is 2.16. The van der Waals surface area contributed by atoms with Crippen LogP contribution in [0.5, 0.6) is 5.75 Å². The van der Waals surface area contributed by atoms with Gasteiger partial charge < -0.3 is 25.0 Å². The number of rotatable bonds is 5. The van der Waals surface area contributed by atoms with Gasteiger partial charge in [-0.25, -0.2) is 0 Å². The van der Waals surface area contributed by atoms with E-state index in [9.17, 15) is 0 Å². The molecule has 1 aliphatic heterocycles. The zero-order chi connectivity index (χ0) is 14.2. The molecule has 0 unspecified atom stereocenters. The fraction of sp³-hybridized carbons (Fsp3) is 0.500. The van der Waals surface area contributed by atoms with Gasteiger partial charge in [-0.3, -0.25) is 0 Å². The van der Waals surface area contributed by atoms with E-state index in [1.165, 1.54) is 0 Å². The van der Waals surface area contributed by atoms with Gasteiger partial charge in [0.05, 0.1) is 33.4 Å². The molecule has 1 aromatic carbocycles. The molecule has 0 saturated carbocycles. The minimum absolute atomic E-state index is 0.644. The Morgan fingerprint density at radius 1 is 1.40 bits per heavy atom. The summed E-state index contributed by atoms with van der Waals surface area (Å²) in [5, 5.41) is 7.04. The number of thiocarbonyl (C=S) groups is 1. The Morgan fingerprint density at radius 2 is 2.20 bits per heavy atom. The summed E-state index contributed by atoms with van der Waals surface area (Å²) in [7, 11) is 1.65. The summed E-state index contributed by atoms with van der Waals surface area (Å²) >= 11 is 5.29. The van der Waals surface area contributed by atoms with E-state index < -0.39 is 0 Å². The van der Waals surface area contributed by atoms with E-state index in [1.54, 1.807) is 12.0 Å². The summed E-state index contributed by atoms with van der Waals surface area (Å²) in [6, 6.07) is 7.72. The van der Waals surface area contributed by atoms with Gasteiger partial charge in [-0.15, -0.1) is 0 Å². The molecule has 0 aliphatic carbocycles. The predicted molar refractivity (Wildman–Crippen MR) is 83.6 cm³/mol. The van der Waals surface area contributed by atoms with Gasteiger partial charge >= 0.3 is 0 Å². The van der Waals surface area contributed by atoms with Crippen LogP contribution in [-0.2, 0) is 4.74 Å². The Kier molecular flexibility index (Phi) is 6.04. The van der Waals surface area contributed by atoms with E-state index in [0.29, 0.717) is 5.11 Å². The highest BCUT2D eigenvalue weighted by molar-refractivity contribution is 7.80. The molecule has 1 aliphatic rings. The first kappa shape index (κ1) is 15.0. The lowest BCUT2D eigenvalue weighted by Crippen LogP contribution is -3.14. The van der Waals surface area contributed by atoms with Crippen molar-refractivity contribution in [1.82, 2.24) is 5.32 Å². The van der Waals surface area contributed by atoms with Gasteiger partial charge in [0, 0.05) is 11.8 Å². The van der Waals surface area contributed by atoms with Crippen LogP contribution in [0.3, 0.4) is 0 Å². The number of hydrogen-bond acceptors (Lipinski definition) is 3. The van der Waals surface area contributed by atoms with Crippen LogP contribution in [0.25, 0.3) is 0 Å². The fourth-order valence-corrected chi connectivity index (χ4v) is 2.36. The van der Waals surface area contributed by atoms with Crippen molar-refractivity contribution >= 4 is 23.0 Å². The summed E-state index contributed by atoms with van der Waals surface area (Å²) in [5.41, 5.74) is 0.931. The highest BCUT2D eigenvalue weighted by atomic mass is 32.1. The molecule has 0 atom stereocenters. The summed E-state index contributed by atoms with van der Waals surface area (Å²) in [4.78, 5) is 1.56. The summed E-state index contributed by atoms with van der Waals surface area (Å²) < 4.78 is 10.5. The number of anilines is 1. The molecule has 1 fully saturated rings. The number of quaternary nitrogens is 1. The Morgan fingerprint density at radius 3 is 2.95 bits per heavy atom. The predicted octanol–water partition coefficient (Wildman–Crippen LogP) is -0.103. The molecule has 0 amide bonds. The van der Waals surface area contributed by atoms with Crippen molar-refractivity contribution in [2.75, 3.05) is 51.8 Å². The quantitative estimate of drug-likeness (QED) is 0.662. The van der Waals surface area contributed by atoms with Gasteiger partial charge in [-0.05, 0) is 24.4 Å². The first-order valence-corrected chi connectivity index (χ1v) is 7.29. The standard InChI is InChI=1S/C14H21N3O2S/c1-18-13-4-2-3-12(11-13)16-14(20)15-5-6-17-7-9-19-10-8-17/h2-4,11H,5-10H2,1H3,(H2,15,16,20)/p+1. The zero-order valence-electron chi connectivity index (χ0n) is 11.8. The molecule has 2 rings (SSSR count). The summed E-state index contributed by atoms with van der Waals surface area (Å²) in [6.45, 7) is 5.81. The molecule has 6 heteroatoms. The molecule has 20 heavy (non-hydrogen) atoms. The van der Waals surface area contributed by atoms with Crippen LogP contribution >= 0.6 is 12.2 Å². The number of methoxy groups -OCH3 is 1. The van der Waals surface area contributed by atoms with Crippen molar-refractivity contribution in [3.63, 3.8) is 0 Å². The van der Waals surface area contributed by atoms with Gasteiger partial charge in [0.15, 0.2) is 5.11 Å². The lowest BCUT2D eigenvalue weighted by Gasteiger charge is -2.24. The lowest BCUT2D eigenvalue weighted by atomic mass is 10.3. The van der Waals surface area contributed by atoms with E-state index in [1.807, 2.05) is 24.3 Å². The second kappa shape index (κ2) is 8.04. The number of hydrogen-bond donors (Lipinski definition) is 3. The van der Waals surface area contributed by atoms with Crippen molar-refractivity contribution in [1.29, 1.82) is 0 Å². The maximum Gasteiger partial charge on any atom is 0.170 e. The molecular formula is C14H22N3O2S+. The van der Waals surface area contributed by atoms with E-state index in [0.717, 1.165) is 50.8 Å². The van der Waals surface area contributed by atoms with Gasteiger partial charge in [-0.2, -0.15) is 0 Å². The number of morpholine rings is 1. The molecular weight excluding hydrogens is 274 g/mol. The second-order valence-electron chi connectivity index (χ2n) is 4.73. The zero-order valence-corrected chi connectivity index (χ0v) is 12.6. The van der Waals surface area contributed by atoms with Crippen LogP contribution in [0.2, 0.25) is 0 Å². The number of benzene rings is 1. The van der Waals surface area contributed by atoms with Crippen molar-refractivity contribution in [2.45, 2.75) is 0 Å². The minimum Gasteiger partial charge on any atom is -0.497 e. The Labute approximate surface area is 125 Å². The monoisotopic (exact) mass is 296 g/mol. The number of ether oxygens (including phenoxy) is 2. The van der Waals surface area contributed by atoms with Crippen molar-refractivity contribution < 1.29 is 14.4 Å². The van der Waals surface area contributed by atoms with E-state index in [-0.39, 0.29) is 0 Å². The molecule has 5 nitrogen and oxygen atoms in total. The molecule has 3 N–H and O–H groups in total. The normalized spacial score (nSPS) is 15.7. The molecule has 110 valence electrons. The SMILES string of the molecule is COc1cccc(NC(=S)NCC[NH+]2CCOCC2)c1. The molecule has 0 spiro atoms. The highest BCUT2D eigenvalue weighted by Gasteiger charge is 2.12. The maximum absolute atomic E-state index is 5.34. The average molecular weight is 296 g/mol. The van der Waals surface area contributed by atoms with E-state index in [4.69, 9.17) is 21.7 Å².